The van der Waals surface area contributed by atoms with Crippen LogP contribution >= 0.6 is 0 Å². The van der Waals surface area contributed by atoms with Gasteiger partial charge in [0.05, 0.1) is 13.3 Å². The van der Waals surface area contributed by atoms with E-state index < -0.39 is 0 Å². The summed E-state index contributed by atoms with van der Waals surface area (Å²) in [5.41, 5.74) is 3.94. The Labute approximate surface area is 111 Å². The second-order valence-corrected chi connectivity index (χ2v) is 3.84. The predicted molar refractivity (Wildman–Crippen MR) is 74.5 cm³/mol. The van der Waals surface area contributed by atoms with E-state index in [2.05, 4.69) is 10.5 Å². The summed E-state index contributed by atoms with van der Waals surface area (Å²) in [4.78, 5) is 11.7. The van der Waals surface area contributed by atoms with Crippen LogP contribution in [0.3, 0.4) is 0 Å². The molecule has 1 amide bonds. The quantitative estimate of drug-likeness (QED) is 0.673. The number of carbonyl (C=O) groups is 1. The van der Waals surface area contributed by atoms with Crippen LogP contribution in [-0.4, -0.2) is 19.2 Å². The van der Waals surface area contributed by atoms with Gasteiger partial charge in [-0.2, -0.15) is 5.10 Å². The molecule has 0 unspecified atom stereocenters. The third-order valence-corrected chi connectivity index (χ3v) is 2.53. The van der Waals surface area contributed by atoms with Gasteiger partial charge < -0.3 is 4.74 Å². The molecule has 1 N–H and O–H groups in total. The number of amides is 1. The van der Waals surface area contributed by atoms with Crippen LogP contribution in [0.1, 0.15) is 15.9 Å². The van der Waals surface area contributed by atoms with E-state index in [1.165, 1.54) is 0 Å². The summed E-state index contributed by atoms with van der Waals surface area (Å²) in [6.07, 6.45) is 1.58. The summed E-state index contributed by atoms with van der Waals surface area (Å²) < 4.78 is 5.06. The lowest BCUT2D eigenvalue weighted by atomic mass is 10.2. The van der Waals surface area contributed by atoms with E-state index in [4.69, 9.17) is 4.74 Å². The molecule has 0 saturated carbocycles. The zero-order valence-electron chi connectivity index (χ0n) is 10.5. The highest BCUT2D eigenvalue weighted by Crippen LogP contribution is 2.09. The Bertz CT molecular complexity index is 562. The Morgan fingerprint density at radius 1 is 1.11 bits per heavy atom. The molecule has 19 heavy (non-hydrogen) atoms. The minimum atomic E-state index is -0.231. The second kappa shape index (κ2) is 6.35. The van der Waals surface area contributed by atoms with Crippen molar-refractivity contribution >= 4 is 12.1 Å². The highest BCUT2D eigenvalue weighted by atomic mass is 16.5. The number of methoxy groups -OCH3 is 1. The van der Waals surface area contributed by atoms with Crippen molar-refractivity contribution in [3.63, 3.8) is 0 Å². The van der Waals surface area contributed by atoms with Crippen LogP contribution < -0.4 is 10.2 Å². The molecule has 0 aromatic heterocycles. The van der Waals surface area contributed by atoms with Crippen molar-refractivity contribution in [3.05, 3.63) is 65.7 Å². The smallest absolute Gasteiger partial charge is 0.271 e. The summed E-state index contributed by atoms with van der Waals surface area (Å²) >= 11 is 0. The number of rotatable bonds is 4. The first kappa shape index (κ1) is 12.8. The van der Waals surface area contributed by atoms with Gasteiger partial charge in [0.2, 0.25) is 0 Å². The number of benzene rings is 2. The number of ether oxygens (including phenoxy) is 1. The Morgan fingerprint density at radius 3 is 2.42 bits per heavy atom. The third-order valence-electron chi connectivity index (χ3n) is 2.53. The molecule has 2 aromatic rings. The molecule has 0 heterocycles. The highest BCUT2D eigenvalue weighted by molar-refractivity contribution is 5.94. The van der Waals surface area contributed by atoms with Gasteiger partial charge in [0, 0.05) is 5.56 Å². The van der Waals surface area contributed by atoms with E-state index in [1.807, 2.05) is 42.5 Å². The summed E-state index contributed by atoms with van der Waals surface area (Å²) in [6, 6.07) is 16.3. The fraction of sp³-hybridized carbons (Fsp3) is 0.0667. The maximum atomic E-state index is 11.7. The number of hydrazone groups is 1. The van der Waals surface area contributed by atoms with Crippen molar-refractivity contribution in [1.29, 1.82) is 0 Å². The summed E-state index contributed by atoms with van der Waals surface area (Å²) in [7, 11) is 1.61. The first-order valence-corrected chi connectivity index (χ1v) is 5.82. The number of carbonyl (C=O) groups excluding carboxylic acids is 1. The minimum absolute atomic E-state index is 0.231. The summed E-state index contributed by atoms with van der Waals surface area (Å²) in [5, 5.41) is 3.91. The molecule has 0 aliphatic carbocycles. The normalized spacial score (nSPS) is 10.4. The second-order valence-electron chi connectivity index (χ2n) is 3.84. The zero-order valence-corrected chi connectivity index (χ0v) is 10.5. The van der Waals surface area contributed by atoms with Gasteiger partial charge in [0.1, 0.15) is 5.75 Å². The number of nitrogens with zero attached hydrogens (tertiary/aromatic N) is 1. The fourth-order valence-electron chi connectivity index (χ4n) is 1.51. The summed E-state index contributed by atoms with van der Waals surface area (Å²) in [5.74, 6) is 0.552. The van der Waals surface area contributed by atoms with Crippen molar-refractivity contribution in [2.75, 3.05) is 7.11 Å². The zero-order chi connectivity index (χ0) is 13.5. The fourth-order valence-corrected chi connectivity index (χ4v) is 1.51. The average molecular weight is 254 g/mol. The van der Waals surface area contributed by atoms with Gasteiger partial charge in [-0.1, -0.05) is 18.2 Å². The lowest BCUT2D eigenvalue weighted by molar-refractivity contribution is 0.0955. The third kappa shape index (κ3) is 3.67. The number of hydrogen-bond acceptors (Lipinski definition) is 3. The van der Waals surface area contributed by atoms with Gasteiger partial charge in [-0.25, -0.2) is 5.43 Å². The van der Waals surface area contributed by atoms with Crippen LogP contribution in [0.25, 0.3) is 0 Å². The van der Waals surface area contributed by atoms with E-state index in [1.54, 1.807) is 25.5 Å². The molecule has 4 nitrogen and oxygen atoms in total. The molecular weight excluding hydrogens is 240 g/mol. The van der Waals surface area contributed by atoms with Gasteiger partial charge in [-0.15, -0.1) is 0 Å². The van der Waals surface area contributed by atoms with E-state index in [9.17, 15) is 4.79 Å². The van der Waals surface area contributed by atoms with E-state index >= 15 is 0 Å². The Kier molecular flexibility index (Phi) is 4.29. The highest BCUT2D eigenvalue weighted by Gasteiger charge is 2.01. The standard InChI is InChI=1S/C15H14N2O2/c1-19-14-9-7-12(8-10-14)11-16-17-15(18)13-5-3-2-4-6-13/h2-11H,1H3,(H,17,18). The number of nitrogens with one attached hydrogen (secondary N) is 1. The van der Waals surface area contributed by atoms with Gasteiger partial charge in [-0.3, -0.25) is 4.79 Å². The molecule has 0 atom stereocenters. The summed E-state index contributed by atoms with van der Waals surface area (Å²) in [6.45, 7) is 0. The molecule has 0 saturated heterocycles. The molecule has 0 spiro atoms. The van der Waals surface area contributed by atoms with Crippen molar-refractivity contribution in [2.45, 2.75) is 0 Å². The van der Waals surface area contributed by atoms with Crippen LogP contribution in [0.2, 0.25) is 0 Å². The van der Waals surface area contributed by atoms with Crippen LogP contribution in [0.4, 0.5) is 0 Å². The van der Waals surface area contributed by atoms with Crippen LogP contribution in [-0.2, 0) is 0 Å². The average Bonchev–Trinajstić information content (AvgIpc) is 2.49. The first-order valence-electron chi connectivity index (χ1n) is 5.82. The molecule has 2 aromatic carbocycles. The monoisotopic (exact) mass is 254 g/mol. The molecule has 96 valence electrons. The van der Waals surface area contributed by atoms with Crippen molar-refractivity contribution in [3.8, 4) is 5.75 Å². The topological polar surface area (TPSA) is 50.7 Å². The van der Waals surface area contributed by atoms with Crippen LogP contribution in [0.15, 0.2) is 59.7 Å². The molecule has 0 radical (unpaired) electrons. The van der Waals surface area contributed by atoms with Gasteiger partial charge >= 0.3 is 0 Å². The van der Waals surface area contributed by atoms with E-state index in [0.29, 0.717) is 5.56 Å². The minimum Gasteiger partial charge on any atom is -0.497 e. The predicted octanol–water partition coefficient (Wildman–Crippen LogP) is 2.46. The Balaban J connectivity index is 1.94. The van der Waals surface area contributed by atoms with Crippen molar-refractivity contribution in [2.24, 2.45) is 5.10 Å². The molecular formula is C15H14N2O2. The molecule has 0 aliphatic rings. The molecule has 4 heteroatoms. The van der Waals surface area contributed by atoms with Crippen molar-refractivity contribution < 1.29 is 9.53 Å². The van der Waals surface area contributed by atoms with Crippen LogP contribution in [0.5, 0.6) is 5.75 Å². The van der Waals surface area contributed by atoms with E-state index in [0.717, 1.165) is 11.3 Å². The van der Waals surface area contributed by atoms with Gasteiger partial charge in [-0.05, 0) is 42.0 Å². The van der Waals surface area contributed by atoms with Crippen LogP contribution in [0, 0.1) is 0 Å². The SMILES string of the molecule is COc1ccc(C=NNC(=O)c2ccccc2)cc1. The Morgan fingerprint density at radius 2 is 1.79 bits per heavy atom. The molecule has 2 rings (SSSR count). The molecule has 0 fully saturated rings. The molecule has 0 bridgehead atoms. The Hall–Kier alpha value is -2.62. The first-order chi connectivity index (χ1) is 9.29. The van der Waals surface area contributed by atoms with E-state index in [-0.39, 0.29) is 5.91 Å². The lowest BCUT2D eigenvalue weighted by Gasteiger charge is -2.00. The maximum Gasteiger partial charge on any atom is 0.271 e. The number of hydrogen-bond donors (Lipinski definition) is 1. The molecule has 0 aliphatic heterocycles. The van der Waals surface area contributed by atoms with Gasteiger partial charge in [0.25, 0.3) is 5.91 Å². The largest absolute Gasteiger partial charge is 0.497 e. The van der Waals surface area contributed by atoms with Crippen molar-refractivity contribution in [1.82, 2.24) is 5.43 Å². The van der Waals surface area contributed by atoms with Gasteiger partial charge in [0.15, 0.2) is 0 Å². The lowest BCUT2D eigenvalue weighted by Crippen LogP contribution is -2.17. The maximum absolute atomic E-state index is 11.7.